The van der Waals surface area contributed by atoms with E-state index in [0.717, 1.165) is 13.1 Å². The smallest absolute Gasteiger partial charge is 0.260 e. The fourth-order valence-electron chi connectivity index (χ4n) is 2.30. The van der Waals surface area contributed by atoms with Crippen LogP contribution in [0.1, 0.15) is 18.5 Å². The Morgan fingerprint density at radius 2 is 2.05 bits per heavy atom. The first-order valence-corrected chi connectivity index (χ1v) is 7.11. The maximum absolute atomic E-state index is 13.3. The number of rotatable bonds is 4. The molecule has 116 valence electrons. The molecule has 1 fully saturated rings. The van der Waals surface area contributed by atoms with Crippen LogP contribution in [0.3, 0.4) is 0 Å². The van der Waals surface area contributed by atoms with Crippen molar-refractivity contribution in [2.45, 2.75) is 13.0 Å². The van der Waals surface area contributed by atoms with E-state index in [9.17, 15) is 9.18 Å². The normalized spacial score (nSPS) is 17.6. The summed E-state index contributed by atoms with van der Waals surface area (Å²) < 4.78 is 18.8. The van der Waals surface area contributed by atoms with Gasteiger partial charge in [0, 0.05) is 43.9 Å². The average Bonchev–Trinajstić information content (AvgIpc) is 2.45. The van der Waals surface area contributed by atoms with Crippen LogP contribution in [0.5, 0.6) is 5.75 Å². The van der Waals surface area contributed by atoms with Crippen molar-refractivity contribution in [2.75, 3.05) is 39.8 Å². The summed E-state index contributed by atoms with van der Waals surface area (Å²) in [5.74, 6) is -0.142. The molecule has 0 saturated carbocycles. The Kier molecular flexibility index (Phi) is 5.14. The van der Waals surface area contributed by atoms with Gasteiger partial charge in [-0.3, -0.25) is 4.79 Å². The lowest BCUT2D eigenvalue weighted by Crippen LogP contribution is -2.48. The van der Waals surface area contributed by atoms with Gasteiger partial charge in [-0.15, -0.1) is 0 Å². The Bertz CT molecular complexity index is 500. The number of nitrogens with two attached hydrogens (primary N) is 1. The Hall–Kier alpha value is -1.66. The molecule has 5 nitrogen and oxygen atoms in total. The van der Waals surface area contributed by atoms with Gasteiger partial charge in [0.05, 0.1) is 0 Å². The SMILES string of the molecule is CC(N)c1ccc(F)cc1OCC(=O)N1CCN(C)CC1. The van der Waals surface area contributed by atoms with Crippen LogP contribution < -0.4 is 10.5 Å². The number of ether oxygens (including phenoxy) is 1. The Morgan fingerprint density at radius 1 is 1.38 bits per heavy atom. The van der Waals surface area contributed by atoms with Gasteiger partial charge in [0.1, 0.15) is 11.6 Å². The molecule has 0 aliphatic carbocycles. The molecule has 0 aromatic heterocycles. The minimum Gasteiger partial charge on any atom is -0.483 e. The molecule has 0 spiro atoms. The predicted molar refractivity (Wildman–Crippen MR) is 78.6 cm³/mol. The van der Waals surface area contributed by atoms with Gasteiger partial charge in [-0.25, -0.2) is 4.39 Å². The van der Waals surface area contributed by atoms with E-state index in [1.54, 1.807) is 17.9 Å². The number of nitrogens with zero attached hydrogens (tertiary/aromatic N) is 2. The molecule has 2 rings (SSSR count). The Balaban J connectivity index is 1.96. The maximum atomic E-state index is 13.3. The molecule has 1 atom stereocenters. The van der Waals surface area contributed by atoms with Crippen LogP contribution in [-0.2, 0) is 4.79 Å². The quantitative estimate of drug-likeness (QED) is 0.900. The molecule has 2 N–H and O–H groups in total. The molecule has 1 saturated heterocycles. The van der Waals surface area contributed by atoms with Crippen molar-refractivity contribution in [3.8, 4) is 5.75 Å². The van der Waals surface area contributed by atoms with Gasteiger partial charge in [0.15, 0.2) is 6.61 Å². The lowest BCUT2D eigenvalue weighted by atomic mass is 10.1. The number of piperazine rings is 1. The molecular weight excluding hydrogens is 273 g/mol. The van der Waals surface area contributed by atoms with Gasteiger partial charge in [-0.05, 0) is 20.0 Å². The molecular formula is C15H22FN3O2. The second kappa shape index (κ2) is 6.87. The first kappa shape index (κ1) is 15.7. The van der Waals surface area contributed by atoms with Crippen molar-refractivity contribution in [1.82, 2.24) is 9.80 Å². The zero-order valence-electron chi connectivity index (χ0n) is 12.5. The number of hydrogen-bond donors (Lipinski definition) is 1. The van der Waals surface area contributed by atoms with Crippen LogP contribution in [0.25, 0.3) is 0 Å². The fraction of sp³-hybridized carbons (Fsp3) is 0.533. The third-order valence-electron chi connectivity index (χ3n) is 3.67. The number of amides is 1. The summed E-state index contributed by atoms with van der Waals surface area (Å²) >= 11 is 0. The summed E-state index contributed by atoms with van der Waals surface area (Å²) in [5.41, 5.74) is 6.52. The average molecular weight is 295 g/mol. The van der Waals surface area contributed by atoms with Gasteiger partial charge >= 0.3 is 0 Å². The maximum Gasteiger partial charge on any atom is 0.260 e. The van der Waals surface area contributed by atoms with Crippen molar-refractivity contribution >= 4 is 5.91 Å². The zero-order valence-corrected chi connectivity index (χ0v) is 12.5. The summed E-state index contributed by atoms with van der Waals surface area (Å²) in [7, 11) is 2.03. The van der Waals surface area contributed by atoms with Crippen molar-refractivity contribution in [2.24, 2.45) is 5.73 Å². The third kappa shape index (κ3) is 4.15. The minimum atomic E-state index is -0.401. The molecule has 0 radical (unpaired) electrons. The number of halogens is 1. The van der Waals surface area contributed by atoms with E-state index in [-0.39, 0.29) is 18.6 Å². The van der Waals surface area contributed by atoms with Crippen molar-refractivity contribution in [3.63, 3.8) is 0 Å². The molecule has 1 amide bonds. The highest BCUT2D eigenvalue weighted by molar-refractivity contribution is 5.78. The molecule has 1 aromatic rings. The second-order valence-corrected chi connectivity index (χ2v) is 5.44. The van der Waals surface area contributed by atoms with Crippen LogP contribution in [-0.4, -0.2) is 55.5 Å². The van der Waals surface area contributed by atoms with Gasteiger partial charge in [0.2, 0.25) is 0 Å². The van der Waals surface area contributed by atoms with Crippen LogP contribution in [0.2, 0.25) is 0 Å². The summed E-state index contributed by atoms with van der Waals surface area (Å²) in [5, 5.41) is 0. The van der Waals surface area contributed by atoms with Crippen LogP contribution in [0.4, 0.5) is 4.39 Å². The van der Waals surface area contributed by atoms with E-state index in [1.165, 1.54) is 12.1 Å². The molecule has 21 heavy (non-hydrogen) atoms. The summed E-state index contributed by atoms with van der Waals surface area (Å²) in [4.78, 5) is 16.0. The van der Waals surface area contributed by atoms with Gasteiger partial charge in [0.25, 0.3) is 5.91 Å². The van der Waals surface area contributed by atoms with Crippen molar-refractivity contribution in [3.05, 3.63) is 29.6 Å². The van der Waals surface area contributed by atoms with E-state index >= 15 is 0 Å². The standard InChI is InChI=1S/C15H22FN3O2/c1-11(17)13-4-3-12(16)9-14(13)21-10-15(20)19-7-5-18(2)6-8-19/h3-4,9,11H,5-8,10,17H2,1-2H3. The van der Waals surface area contributed by atoms with E-state index in [4.69, 9.17) is 10.5 Å². The van der Waals surface area contributed by atoms with E-state index in [0.29, 0.717) is 24.4 Å². The highest BCUT2D eigenvalue weighted by Crippen LogP contribution is 2.24. The molecule has 1 aromatic carbocycles. The van der Waals surface area contributed by atoms with Crippen LogP contribution in [0.15, 0.2) is 18.2 Å². The van der Waals surface area contributed by atoms with E-state index in [2.05, 4.69) is 4.90 Å². The molecule has 1 heterocycles. The molecule has 1 aliphatic heterocycles. The number of benzene rings is 1. The van der Waals surface area contributed by atoms with E-state index < -0.39 is 5.82 Å². The third-order valence-corrected chi connectivity index (χ3v) is 3.67. The Labute approximate surface area is 124 Å². The van der Waals surface area contributed by atoms with Crippen molar-refractivity contribution < 1.29 is 13.9 Å². The largest absolute Gasteiger partial charge is 0.483 e. The number of hydrogen-bond acceptors (Lipinski definition) is 4. The highest BCUT2D eigenvalue weighted by Gasteiger charge is 2.20. The van der Waals surface area contributed by atoms with Crippen molar-refractivity contribution in [1.29, 1.82) is 0 Å². The fourth-order valence-corrected chi connectivity index (χ4v) is 2.30. The molecule has 1 unspecified atom stereocenters. The Morgan fingerprint density at radius 3 is 2.67 bits per heavy atom. The highest BCUT2D eigenvalue weighted by atomic mass is 19.1. The number of likely N-dealkylation sites (N-methyl/N-ethyl adjacent to an activating group) is 1. The van der Waals surface area contributed by atoms with E-state index in [1.807, 2.05) is 7.05 Å². The lowest BCUT2D eigenvalue weighted by molar-refractivity contribution is -0.134. The summed E-state index contributed by atoms with van der Waals surface area (Å²) in [6, 6.07) is 3.93. The first-order chi connectivity index (χ1) is 9.97. The van der Waals surface area contributed by atoms with Gasteiger partial charge in [-0.1, -0.05) is 6.07 Å². The minimum absolute atomic E-state index is 0.0806. The topological polar surface area (TPSA) is 58.8 Å². The monoisotopic (exact) mass is 295 g/mol. The molecule has 1 aliphatic rings. The summed E-state index contributed by atoms with van der Waals surface area (Å²) in [6.45, 7) is 4.81. The van der Waals surface area contributed by atoms with Crippen LogP contribution in [0, 0.1) is 5.82 Å². The molecule has 6 heteroatoms. The lowest BCUT2D eigenvalue weighted by Gasteiger charge is -2.32. The number of carbonyl (C=O) groups excluding carboxylic acids is 1. The summed E-state index contributed by atoms with van der Waals surface area (Å²) in [6.07, 6.45) is 0. The van der Waals surface area contributed by atoms with Gasteiger partial charge in [-0.2, -0.15) is 0 Å². The van der Waals surface area contributed by atoms with Crippen LogP contribution >= 0.6 is 0 Å². The predicted octanol–water partition coefficient (Wildman–Crippen LogP) is 0.998. The number of carbonyl (C=O) groups is 1. The second-order valence-electron chi connectivity index (χ2n) is 5.44. The van der Waals surface area contributed by atoms with Gasteiger partial charge < -0.3 is 20.3 Å². The first-order valence-electron chi connectivity index (χ1n) is 7.11. The molecule has 0 bridgehead atoms. The zero-order chi connectivity index (χ0) is 15.4.